The highest BCUT2D eigenvalue weighted by Gasteiger charge is 2.28. The number of carbonyl (C=O) groups excluding carboxylic acids is 1. The summed E-state index contributed by atoms with van der Waals surface area (Å²) < 4.78 is 10.9. The number of carbonyl (C=O) groups is 2. The van der Waals surface area contributed by atoms with Crippen LogP contribution >= 0.6 is 0 Å². The van der Waals surface area contributed by atoms with Gasteiger partial charge in [-0.3, -0.25) is 4.79 Å². The summed E-state index contributed by atoms with van der Waals surface area (Å²) in [5.74, 6) is -0.154. The first kappa shape index (κ1) is 15.6. The third kappa shape index (κ3) is 3.64. The largest absolute Gasteiger partial charge is 0.478 e. The number of amides is 1. The van der Waals surface area contributed by atoms with Gasteiger partial charge in [0.2, 0.25) is 5.91 Å². The average Bonchev–Trinajstić information content (AvgIpc) is 2.78. The summed E-state index contributed by atoms with van der Waals surface area (Å²) in [6.07, 6.45) is 1.55. The minimum Gasteiger partial charge on any atom is -0.478 e. The van der Waals surface area contributed by atoms with E-state index in [9.17, 15) is 9.59 Å². The van der Waals surface area contributed by atoms with Crippen LogP contribution in [0.3, 0.4) is 0 Å². The summed E-state index contributed by atoms with van der Waals surface area (Å²) in [7, 11) is 1.71. The Bertz CT molecular complexity index is 536. The first-order valence-corrected chi connectivity index (χ1v) is 7.07. The molecule has 1 aromatic heterocycles. The molecular formula is C15H21NO5. The summed E-state index contributed by atoms with van der Waals surface area (Å²) >= 11 is 0. The molecule has 0 saturated carbocycles. The van der Waals surface area contributed by atoms with E-state index < -0.39 is 5.97 Å². The monoisotopic (exact) mass is 295 g/mol. The maximum atomic E-state index is 12.4. The minimum atomic E-state index is -1.02. The van der Waals surface area contributed by atoms with Crippen LogP contribution < -0.4 is 0 Å². The van der Waals surface area contributed by atoms with Crippen LogP contribution in [-0.4, -0.2) is 41.6 Å². The Balaban J connectivity index is 2.00. The van der Waals surface area contributed by atoms with Gasteiger partial charge < -0.3 is 19.2 Å². The molecule has 1 fully saturated rings. The summed E-state index contributed by atoms with van der Waals surface area (Å²) in [6, 6.07) is 1.48. The van der Waals surface area contributed by atoms with E-state index in [2.05, 4.69) is 0 Å². The number of furan rings is 1. The van der Waals surface area contributed by atoms with Crippen molar-refractivity contribution in [3.8, 4) is 0 Å². The van der Waals surface area contributed by atoms with E-state index in [0.717, 1.165) is 12.8 Å². The Morgan fingerprint density at radius 1 is 1.48 bits per heavy atom. The Labute approximate surface area is 123 Å². The lowest BCUT2D eigenvalue weighted by atomic mass is 9.95. The van der Waals surface area contributed by atoms with Gasteiger partial charge in [-0.05, 0) is 32.8 Å². The lowest BCUT2D eigenvalue weighted by molar-refractivity contribution is -0.139. The zero-order chi connectivity index (χ0) is 15.6. The van der Waals surface area contributed by atoms with Gasteiger partial charge in [0.1, 0.15) is 17.1 Å². The van der Waals surface area contributed by atoms with Gasteiger partial charge >= 0.3 is 5.97 Å². The van der Waals surface area contributed by atoms with Crippen LogP contribution in [0.1, 0.15) is 41.6 Å². The van der Waals surface area contributed by atoms with Gasteiger partial charge in [-0.1, -0.05) is 0 Å². The van der Waals surface area contributed by atoms with Crippen LogP contribution in [0.2, 0.25) is 0 Å². The van der Waals surface area contributed by atoms with Gasteiger partial charge in [0.15, 0.2) is 0 Å². The standard InChI is InChI=1S/C15H21NO5/c1-9-6-11(4-5-20-9)14(17)16(3)8-12-7-13(15(18)19)10(2)21-12/h7,9,11H,4-6,8H2,1-3H3,(H,18,19). The van der Waals surface area contributed by atoms with E-state index in [1.807, 2.05) is 6.92 Å². The zero-order valence-corrected chi connectivity index (χ0v) is 12.6. The van der Waals surface area contributed by atoms with Crippen molar-refractivity contribution in [2.75, 3.05) is 13.7 Å². The normalized spacial score (nSPS) is 22.0. The molecule has 116 valence electrons. The highest BCUT2D eigenvalue weighted by Crippen LogP contribution is 2.23. The minimum absolute atomic E-state index is 0.0336. The van der Waals surface area contributed by atoms with E-state index in [-0.39, 0.29) is 30.0 Å². The van der Waals surface area contributed by atoms with Crippen LogP contribution in [0, 0.1) is 12.8 Å². The van der Waals surface area contributed by atoms with Gasteiger partial charge in [-0.2, -0.15) is 0 Å². The number of ether oxygens (including phenoxy) is 1. The van der Waals surface area contributed by atoms with Crippen molar-refractivity contribution in [2.24, 2.45) is 5.92 Å². The van der Waals surface area contributed by atoms with Crippen LogP contribution in [-0.2, 0) is 16.1 Å². The topological polar surface area (TPSA) is 80.0 Å². The Kier molecular flexibility index (Phi) is 4.67. The van der Waals surface area contributed by atoms with Crippen molar-refractivity contribution in [3.05, 3.63) is 23.2 Å². The van der Waals surface area contributed by atoms with Crippen molar-refractivity contribution in [3.63, 3.8) is 0 Å². The quantitative estimate of drug-likeness (QED) is 0.919. The molecule has 1 aliphatic heterocycles. The molecule has 0 spiro atoms. The average molecular weight is 295 g/mol. The van der Waals surface area contributed by atoms with E-state index in [1.54, 1.807) is 18.9 Å². The van der Waals surface area contributed by atoms with Crippen molar-refractivity contribution < 1.29 is 23.8 Å². The molecule has 21 heavy (non-hydrogen) atoms. The number of aromatic carboxylic acids is 1. The van der Waals surface area contributed by atoms with Crippen molar-refractivity contribution >= 4 is 11.9 Å². The smallest absolute Gasteiger partial charge is 0.339 e. The lowest BCUT2D eigenvalue weighted by Crippen LogP contribution is -2.37. The molecular weight excluding hydrogens is 274 g/mol. The first-order valence-electron chi connectivity index (χ1n) is 7.07. The van der Waals surface area contributed by atoms with Crippen LogP contribution in [0.25, 0.3) is 0 Å². The van der Waals surface area contributed by atoms with Crippen molar-refractivity contribution in [1.82, 2.24) is 4.90 Å². The van der Waals surface area contributed by atoms with Crippen LogP contribution in [0.15, 0.2) is 10.5 Å². The maximum Gasteiger partial charge on any atom is 0.339 e. The molecule has 2 rings (SSSR count). The van der Waals surface area contributed by atoms with E-state index in [0.29, 0.717) is 18.1 Å². The molecule has 0 aliphatic carbocycles. The number of hydrogen-bond acceptors (Lipinski definition) is 4. The number of hydrogen-bond donors (Lipinski definition) is 1. The molecule has 1 saturated heterocycles. The van der Waals surface area contributed by atoms with E-state index in [4.69, 9.17) is 14.3 Å². The van der Waals surface area contributed by atoms with Gasteiger partial charge in [0, 0.05) is 19.6 Å². The SMILES string of the molecule is Cc1oc(CN(C)C(=O)C2CCOC(C)C2)cc1C(=O)O. The third-order valence-electron chi connectivity index (χ3n) is 3.80. The molecule has 1 amide bonds. The molecule has 1 aromatic rings. The van der Waals surface area contributed by atoms with Crippen LogP contribution in [0.5, 0.6) is 0 Å². The Morgan fingerprint density at radius 3 is 2.76 bits per heavy atom. The number of rotatable bonds is 4. The molecule has 1 aliphatic rings. The molecule has 1 N–H and O–H groups in total. The summed E-state index contributed by atoms with van der Waals surface area (Å²) in [5.41, 5.74) is 0.144. The predicted octanol–water partition coefficient (Wildman–Crippen LogP) is 2.06. The van der Waals surface area contributed by atoms with E-state index in [1.165, 1.54) is 6.07 Å². The second-order valence-electron chi connectivity index (χ2n) is 5.58. The van der Waals surface area contributed by atoms with Gasteiger partial charge in [-0.25, -0.2) is 4.79 Å². The Morgan fingerprint density at radius 2 is 2.19 bits per heavy atom. The first-order chi connectivity index (χ1) is 9.88. The van der Waals surface area contributed by atoms with Crippen molar-refractivity contribution in [2.45, 2.75) is 39.3 Å². The molecule has 0 bridgehead atoms. The predicted molar refractivity (Wildman–Crippen MR) is 75.0 cm³/mol. The fraction of sp³-hybridized carbons (Fsp3) is 0.600. The summed E-state index contributed by atoms with van der Waals surface area (Å²) in [4.78, 5) is 25.0. The number of aryl methyl sites for hydroxylation is 1. The van der Waals surface area contributed by atoms with Gasteiger partial charge in [0.05, 0.1) is 12.6 Å². The number of nitrogens with zero attached hydrogens (tertiary/aromatic N) is 1. The summed E-state index contributed by atoms with van der Waals surface area (Å²) in [5, 5.41) is 9.00. The molecule has 6 nitrogen and oxygen atoms in total. The highest BCUT2D eigenvalue weighted by atomic mass is 16.5. The molecule has 2 heterocycles. The van der Waals surface area contributed by atoms with E-state index >= 15 is 0 Å². The lowest BCUT2D eigenvalue weighted by Gasteiger charge is -2.29. The Hall–Kier alpha value is -1.82. The third-order valence-corrected chi connectivity index (χ3v) is 3.80. The molecule has 0 aromatic carbocycles. The van der Waals surface area contributed by atoms with Gasteiger partial charge in [-0.15, -0.1) is 0 Å². The second-order valence-corrected chi connectivity index (χ2v) is 5.58. The molecule has 6 heteroatoms. The number of carboxylic acid groups (broad SMARTS) is 1. The zero-order valence-electron chi connectivity index (χ0n) is 12.6. The maximum absolute atomic E-state index is 12.4. The summed E-state index contributed by atoms with van der Waals surface area (Å²) in [6.45, 7) is 4.45. The van der Waals surface area contributed by atoms with Crippen LogP contribution in [0.4, 0.5) is 0 Å². The molecule has 0 radical (unpaired) electrons. The fourth-order valence-corrected chi connectivity index (χ4v) is 2.68. The second kappa shape index (κ2) is 6.30. The highest BCUT2D eigenvalue weighted by molar-refractivity contribution is 5.88. The van der Waals surface area contributed by atoms with Crippen molar-refractivity contribution in [1.29, 1.82) is 0 Å². The molecule has 2 unspecified atom stereocenters. The molecule has 2 atom stereocenters. The van der Waals surface area contributed by atoms with Gasteiger partial charge in [0.25, 0.3) is 0 Å². The number of carboxylic acids is 1. The fourth-order valence-electron chi connectivity index (χ4n) is 2.68.